The van der Waals surface area contributed by atoms with Crippen molar-refractivity contribution in [1.29, 1.82) is 0 Å². The van der Waals surface area contributed by atoms with E-state index in [1.165, 1.54) is 22.5 Å². The largest absolute Gasteiger partial charge is 0.530 e. The van der Waals surface area contributed by atoms with Gasteiger partial charge in [0.05, 0.1) is 42.9 Å². The second-order valence-corrected chi connectivity index (χ2v) is 15.7. The summed E-state index contributed by atoms with van der Waals surface area (Å²) >= 11 is 0. The fourth-order valence-electron chi connectivity index (χ4n) is 6.71. The van der Waals surface area contributed by atoms with Crippen LogP contribution < -0.4 is 19.9 Å². The number of carbonyl (C=O) groups excluding carboxylic acids is 2. The van der Waals surface area contributed by atoms with Gasteiger partial charge in [-0.1, -0.05) is 57.5 Å². The van der Waals surface area contributed by atoms with Gasteiger partial charge in [0.1, 0.15) is 6.09 Å². The summed E-state index contributed by atoms with van der Waals surface area (Å²) in [4.78, 5) is 26.1. The Morgan fingerprint density at radius 3 is 2.62 bits per heavy atom. The van der Waals surface area contributed by atoms with Crippen LogP contribution in [0.15, 0.2) is 53.4 Å². The fourth-order valence-corrected chi connectivity index (χ4v) is 8.37. The number of amides is 2. The molecule has 2 aromatic rings. The molecule has 2 N–H and O–H groups in total. The molecule has 0 saturated carbocycles. The number of carbonyl (C=O) groups is 2. The van der Waals surface area contributed by atoms with Gasteiger partial charge in [0.25, 0.3) is 0 Å². The Morgan fingerprint density at radius 2 is 1.88 bits per heavy atom. The summed E-state index contributed by atoms with van der Waals surface area (Å²) in [6.07, 6.45) is -1.41. The molecule has 2 saturated heterocycles. The zero-order valence-electron chi connectivity index (χ0n) is 28.8. The minimum Gasteiger partial charge on any atom is -0.530 e. The van der Waals surface area contributed by atoms with E-state index in [2.05, 4.69) is 5.32 Å². The molecule has 2 aromatic carbocycles. The van der Waals surface area contributed by atoms with E-state index in [-0.39, 0.29) is 49.5 Å². The SMILES string of the molecule is CCCCOC(=O)NCCC(C)(C)CN(C[C@@H](O)[C@H](Cc1ccccc1)N(C(=O)[O-])[C@H]1CO[C@H]2OCC[C@H]21)S(=O)(=O)c1ccc2c(c1)OCO2. The number of nitrogens with one attached hydrogen (secondary N) is 1. The number of unbranched alkanes of at least 4 members (excludes halogenated alkanes) is 1. The summed E-state index contributed by atoms with van der Waals surface area (Å²) in [5, 5.41) is 27.7. The number of aliphatic hydroxyl groups excluding tert-OH is 1. The Bertz CT molecular complexity index is 1560. The van der Waals surface area contributed by atoms with Gasteiger partial charge in [-0.15, -0.1) is 0 Å². The lowest BCUT2D eigenvalue weighted by Crippen LogP contribution is -2.61. The van der Waals surface area contributed by atoms with Gasteiger partial charge in [0.15, 0.2) is 17.8 Å². The minimum atomic E-state index is -4.29. The smallest absolute Gasteiger partial charge is 0.407 e. The van der Waals surface area contributed by atoms with Crippen molar-refractivity contribution in [1.82, 2.24) is 14.5 Å². The first-order chi connectivity index (χ1) is 23.9. The zero-order valence-corrected chi connectivity index (χ0v) is 29.6. The van der Waals surface area contributed by atoms with E-state index >= 15 is 0 Å². The molecule has 14 nitrogen and oxygen atoms in total. The number of sulfonamides is 1. The second-order valence-electron chi connectivity index (χ2n) is 13.7. The first kappa shape index (κ1) is 37.6. The molecule has 5 rings (SSSR count). The second kappa shape index (κ2) is 16.6. The maximum absolute atomic E-state index is 14.4. The van der Waals surface area contributed by atoms with Crippen LogP contribution in [0.25, 0.3) is 0 Å². The third kappa shape index (κ3) is 9.18. The Hall–Kier alpha value is -3.63. The third-order valence-electron chi connectivity index (χ3n) is 9.44. The van der Waals surface area contributed by atoms with E-state index in [1.807, 2.05) is 51.1 Å². The van der Waals surface area contributed by atoms with Crippen LogP contribution in [0.5, 0.6) is 11.5 Å². The molecule has 0 bridgehead atoms. The number of fused-ring (bicyclic) bond motifs is 2. The highest BCUT2D eigenvalue weighted by molar-refractivity contribution is 7.89. The maximum atomic E-state index is 14.4. The van der Waals surface area contributed by atoms with Crippen molar-refractivity contribution in [3.05, 3.63) is 54.1 Å². The van der Waals surface area contributed by atoms with Crippen LogP contribution in [0.1, 0.15) is 52.0 Å². The fraction of sp³-hybridized carbons (Fsp3) is 0.600. The number of hydrogen-bond donors (Lipinski definition) is 2. The first-order valence-electron chi connectivity index (χ1n) is 17.1. The van der Waals surface area contributed by atoms with Crippen molar-refractivity contribution in [2.75, 3.05) is 46.2 Å². The van der Waals surface area contributed by atoms with Gasteiger partial charge in [-0.05, 0) is 48.8 Å². The van der Waals surface area contributed by atoms with Crippen molar-refractivity contribution < 1.29 is 51.9 Å². The molecule has 2 fully saturated rings. The number of alkyl carbamates (subject to hydrolysis) is 1. The van der Waals surface area contributed by atoms with Crippen LogP contribution in [-0.4, -0.2) is 106 Å². The lowest BCUT2D eigenvalue weighted by atomic mass is 9.89. The minimum absolute atomic E-state index is 0.0415. The molecule has 3 aliphatic heterocycles. The molecular formula is C35H48N3O11S-. The number of carboxylic acid groups (broad SMARTS) is 1. The van der Waals surface area contributed by atoms with E-state index < -0.39 is 58.6 Å². The number of hydrogen-bond acceptors (Lipinski definition) is 11. The van der Waals surface area contributed by atoms with Crippen molar-refractivity contribution in [3.63, 3.8) is 0 Å². The Balaban J connectivity index is 1.43. The quantitative estimate of drug-likeness (QED) is 0.230. The van der Waals surface area contributed by atoms with Crippen molar-refractivity contribution in [2.24, 2.45) is 11.3 Å². The summed E-state index contributed by atoms with van der Waals surface area (Å²) < 4.78 is 57.4. The standard InChI is InChI=1S/C35H49N3O11S/c1-4-5-16-46-33(40)36-15-14-35(2,3)22-37(50(43,44)25-11-12-30-31(19-25)49-23-48-30)20-29(39)27(18-24-9-7-6-8-10-24)38(34(41)42)28-21-47-32-26(28)13-17-45-32/h6-12,19,26-29,32,39H,4-5,13-18,20-23H2,1-3H3,(H,36,40)(H,41,42)/p-1/t26-,27-,28-,29+,32+/m0/s1. The van der Waals surface area contributed by atoms with Crippen LogP contribution in [0.3, 0.4) is 0 Å². The van der Waals surface area contributed by atoms with Gasteiger partial charge in [-0.25, -0.2) is 13.2 Å². The normalized spacial score (nSPS) is 21.1. The lowest BCUT2D eigenvalue weighted by Gasteiger charge is -2.43. The van der Waals surface area contributed by atoms with E-state index in [0.29, 0.717) is 31.8 Å². The highest BCUT2D eigenvalue weighted by Crippen LogP contribution is 2.38. The summed E-state index contributed by atoms with van der Waals surface area (Å²) in [6, 6.07) is 11.7. The summed E-state index contributed by atoms with van der Waals surface area (Å²) in [6.45, 7) is 6.16. The highest BCUT2D eigenvalue weighted by Gasteiger charge is 2.47. The summed E-state index contributed by atoms with van der Waals surface area (Å²) in [5.74, 6) is 0.427. The monoisotopic (exact) mass is 718 g/mol. The van der Waals surface area contributed by atoms with Crippen molar-refractivity contribution in [3.8, 4) is 11.5 Å². The van der Waals surface area contributed by atoms with E-state index in [4.69, 9.17) is 23.7 Å². The summed E-state index contributed by atoms with van der Waals surface area (Å²) in [5.41, 5.74) is 0.0413. The van der Waals surface area contributed by atoms with Crippen LogP contribution in [0.4, 0.5) is 9.59 Å². The molecule has 15 heteroatoms. The molecule has 0 aliphatic carbocycles. The van der Waals surface area contributed by atoms with Crippen LogP contribution in [0.2, 0.25) is 0 Å². The van der Waals surface area contributed by atoms with E-state index in [9.17, 15) is 28.2 Å². The van der Waals surface area contributed by atoms with Gasteiger partial charge in [0, 0.05) is 31.6 Å². The first-order valence-corrected chi connectivity index (χ1v) is 18.6. The van der Waals surface area contributed by atoms with Gasteiger partial charge in [-0.3, -0.25) is 0 Å². The number of benzene rings is 2. The van der Waals surface area contributed by atoms with Gasteiger partial charge in [0.2, 0.25) is 16.8 Å². The molecule has 5 atom stereocenters. The number of ether oxygens (including phenoxy) is 5. The molecule has 3 aliphatic rings. The van der Waals surface area contributed by atoms with Gasteiger partial charge < -0.3 is 48.9 Å². The molecule has 2 amide bonds. The lowest BCUT2D eigenvalue weighted by molar-refractivity contribution is -0.273. The average molecular weight is 719 g/mol. The molecule has 50 heavy (non-hydrogen) atoms. The topological polar surface area (TPSA) is 176 Å². The van der Waals surface area contributed by atoms with Crippen molar-refractivity contribution >= 4 is 22.2 Å². The van der Waals surface area contributed by atoms with E-state index in [0.717, 1.165) is 23.3 Å². The molecule has 0 radical (unpaired) electrons. The maximum Gasteiger partial charge on any atom is 0.407 e. The Kier molecular flexibility index (Phi) is 12.5. The van der Waals surface area contributed by atoms with Crippen LogP contribution in [-0.2, 0) is 30.7 Å². The molecule has 0 unspecified atom stereocenters. The predicted octanol–water partition coefficient (Wildman–Crippen LogP) is 2.73. The predicted molar refractivity (Wildman–Crippen MR) is 179 cm³/mol. The third-order valence-corrected chi connectivity index (χ3v) is 11.3. The number of aliphatic hydroxyl groups is 1. The zero-order chi connectivity index (χ0) is 35.9. The van der Waals surface area contributed by atoms with Crippen molar-refractivity contribution in [2.45, 2.75) is 82.2 Å². The average Bonchev–Trinajstić information content (AvgIpc) is 3.83. The highest BCUT2D eigenvalue weighted by atomic mass is 32.2. The molecule has 3 heterocycles. The summed E-state index contributed by atoms with van der Waals surface area (Å²) in [7, 11) is -4.29. The molecule has 0 spiro atoms. The molecule has 0 aromatic heterocycles. The van der Waals surface area contributed by atoms with Crippen LogP contribution in [0, 0.1) is 11.3 Å². The van der Waals surface area contributed by atoms with Crippen LogP contribution >= 0.6 is 0 Å². The van der Waals surface area contributed by atoms with E-state index in [1.54, 1.807) is 0 Å². The molecular weight excluding hydrogens is 670 g/mol. The molecule has 276 valence electrons. The number of rotatable bonds is 17. The number of nitrogens with zero attached hydrogens (tertiary/aromatic N) is 2. The Morgan fingerprint density at radius 1 is 1.12 bits per heavy atom. The Labute approximate surface area is 293 Å². The van der Waals surface area contributed by atoms with Gasteiger partial charge >= 0.3 is 6.09 Å². The van der Waals surface area contributed by atoms with Gasteiger partial charge in [-0.2, -0.15) is 4.31 Å².